The first-order valence-corrected chi connectivity index (χ1v) is 10.7. The van der Waals surface area contributed by atoms with Gasteiger partial charge in [-0.2, -0.15) is 0 Å². The van der Waals surface area contributed by atoms with Gasteiger partial charge in [0.2, 0.25) is 0 Å². The highest BCUT2D eigenvalue weighted by molar-refractivity contribution is 7.98. The lowest BCUT2D eigenvalue weighted by Crippen LogP contribution is -2.41. The Labute approximate surface area is 158 Å². The number of hydrogen-bond acceptors (Lipinski definition) is 3. The molecule has 4 nitrogen and oxygen atoms in total. The van der Waals surface area contributed by atoms with Gasteiger partial charge in [-0.25, -0.2) is 4.79 Å². The lowest BCUT2D eigenvalue weighted by Gasteiger charge is -2.23. The van der Waals surface area contributed by atoms with Crippen LogP contribution in [0, 0.1) is 6.92 Å². The van der Waals surface area contributed by atoms with Crippen molar-refractivity contribution in [2.24, 2.45) is 0 Å². The van der Waals surface area contributed by atoms with Crippen molar-refractivity contribution in [3.05, 3.63) is 67.5 Å². The fourth-order valence-corrected chi connectivity index (χ4v) is 5.70. The molecule has 2 aliphatic carbocycles. The lowest BCUT2D eigenvalue weighted by atomic mass is 9.95. The van der Waals surface area contributed by atoms with Gasteiger partial charge in [0.15, 0.2) is 0 Å². The molecule has 1 fully saturated rings. The number of aromatic amines is 1. The van der Waals surface area contributed by atoms with Gasteiger partial charge in [-0.15, -0.1) is 11.8 Å². The first-order valence-electron chi connectivity index (χ1n) is 9.69. The molecule has 26 heavy (non-hydrogen) atoms. The highest BCUT2D eigenvalue weighted by Crippen LogP contribution is 2.40. The van der Waals surface area contributed by atoms with Gasteiger partial charge in [0.1, 0.15) is 0 Å². The Morgan fingerprint density at radius 1 is 1.12 bits per heavy atom. The monoisotopic (exact) mass is 370 g/mol. The number of aromatic nitrogens is 2. The Morgan fingerprint density at radius 3 is 2.65 bits per heavy atom. The summed E-state index contributed by atoms with van der Waals surface area (Å²) in [6.45, 7) is 2.13. The van der Waals surface area contributed by atoms with Gasteiger partial charge in [-0.3, -0.25) is 9.36 Å². The Morgan fingerprint density at radius 2 is 1.88 bits per heavy atom. The third kappa shape index (κ3) is 3.29. The molecule has 1 atom stereocenters. The van der Waals surface area contributed by atoms with Crippen molar-refractivity contribution in [2.45, 2.75) is 68.9 Å². The molecular formula is C21H26N2O2S. The first-order chi connectivity index (χ1) is 12.6. The van der Waals surface area contributed by atoms with Crippen LogP contribution in [0.2, 0.25) is 0 Å². The third-order valence-electron chi connectivity index (χ3n) is 5.88. The van der Waals surface area contributed by atoms with Gasteiger partial charge in [-0.05, 0) is 43.7 Å². The molecule has 138 valence electrons. The SMILES string of the molecule is Cc1ccccc1CSC1CCc2c1[nH]c(=O)n(C1CCCCC1)c2=O. The zero-order valence-electron chi connectivity index (χ0n) is 15.3. The van der Waals surface area contributed by atoms with Crippen LogP contribution in [0.3, 0.4) is 0 Å². The molecule has 1 unspecified atom stereocenters. The van der Waals surface area contributed by atoms with E-state index in [1.54, 1.807) is 0 Å². The summed E-state index contributed by atoms with van der Waals surface area (Å²) in [6, 6.07) is 8.49. The minimum absolute atomic E-state index is 0.0327. The number of fused-ring (bicyclic) bond motifs is 1. The molecule has 1 heterocycles. The van der Waals surface area contributed by atoms with Crippen LogP contribution in [-0.2, 0) is 12.2 Å². The second-order valence-corrected chi connectivity index (χ2v) is 8.75. The number of H-pyrrole nitrogens is 1. The van der Waals surface area contributed by atoms with Crippen LogP contribution in [-0.4, -0.2) is 9.55 Å². The van der Waals surface area contributed by atoms with Crippen LogP contribution in [0.5, 0.6) is 0 Å². The van der Waals surface area contributed by atoms with E-state index in [2.05, 4.69) is 36.2 Å². The van der Waals surface area contributed by atoms with E-state index in [0.717, 1.165) is 55.5 Å². The highest BCUT2D eigenvalue weighted by atomic mass is 32.2. The summed E-state index contributed by atoms with van der Waals surface area (Å²) in [6.07, 6.45) is 7.06. The van der Waals surface area contributed by atoms with Gasteiger partial charge in [-0.1, -0.05) is 43.5 Å². The molecule has 2 aliphatic rings. The van der Waals surface area contributed by atoms with Crippen molar-refractivity contribution in [1.29, 1.82) is 0 Å². The average Bonchev–Trinajstić information content (AvgIpc) is 3.05. The lowest BCUT2D eigenvalue weighted by molar-refractivity contribution is 0.335. The fraction of sp³-hybridized carbons (Fsp3) is 0.524. The number of nitrogens with one attached hydrogen (secondary N) is 1. The van der Waals surface area contributed by atoms with Crippen molar-refractivity contribution in [3.8, 4) is 0 Å². The third-order valence-corrected chi connectivity index (χ3v) is 7.23. The van der Waals surface area contributed by atoms with Crippen LogP contribution in [0.25, 0.3) is 0 Å². The summed E-state index contributed by atoms with van der Waals surface area (Å²) in [7, 11) is 0. The second-order valence-electron chi connectivity index (χ2n) is 7.55. The van der Waals surface area contributed by atoms with Gasteiger partial charge < -0.3 is 4.98 Å². The molecule has 0 amide bonds. The number of rotatable bonds is 4. The molecular weight excluding hydrogens is 344 g/mol. The van der Waals surface area contributed by atoms with Gasteiger partial charge >= 0.3 is 5.69 Å². The average molecular weight is 371 g/mol. The predicted octanol–water partition coefficient (Wildman–Crippen LogP) is 4.27. The molecule has 5 heteroatoms. The molecule has 0 bridgehead atoms. The number of thioether (sulfide) groups is 1. The van der Waals surface area contributed by atoms with Gasteiger partial charge in [0.25, 0.3) is 5.56 Å². The Kier molecular flexibility index (Phi) is 5.07. The van der Waals surface area contributed by atoms with Gasteiger partial charge in [0, 0.05) is 28.3 Å². The Bertz CT molecular complexity index is 909. The summed E-state index contributed by atoms with van der Waals surface area (Å²) >= 11 is 1.83. The molecule has 0 aliphatic heterocycles. The quantitative estimate of drug-likeness (QED) is 0.874. The van der Waals surface area contributed by atoms with Crippen molar-refractivity contribution < 1.29 is 0 Å². The molecule has 0 saturated heterocycles. The van der Waals surface area contributed by atoms with Crippen LogP contribution in [0.15, 0.2) is 33.9 Å². The van der Waals surface area contributed by atoms with E-state index in [-0.39, 0.29) is 22.5 Å². The largest absolute Gasteiger partial charge is 0.328 e. The minimum Gasteiger partial charge on any atom is -0.310 e. The summed E-state index contributed by atoms with van der Waals surface area (Å²) in [5.41, 5.74) is 4.10. The molecule has 4 rings (SSSR count). The zero-order valence-corrected chi connectivity index (χ0v) is 16.1. The molecule has 1 saturated carbocycles. The zero-order chi connectivity index (χ0) is 18.1. The maximum atomic E-state index is 13.0. The number of hydrogen-bond donors (Lipinski definition) is 1. The summed E-state index contributed by atoms with van der Waals surface area (Å²) in [5.74, 6) is 0.907. The fourth-order valence-electron chi connectivity index (χ4n) is 4.34. The van der Waals surface area contributed by atoms with E-state index in [9.17, 15) is 9.59 Å². The number of benzene rings is 1. The van der Waals surface area contributed by atoms with Crippen LogP contribution in [0.1, 0.15) is 72.2 Å². The van der Waals surface area contributed by atoms with E-state index in [1.807, 2.05) is 11.8 Å². The van der Waals surface area contributed by atoms with Crippen molar-refractivity contribution in [1.82, 2.24) is 9.55 Å². The Balaban J connectivity index is 1.58. The van der Waals surface area contributed by atoms with E-state index < -0.39 is 0 Å². The highest BCUT2D eigenvalue weighted by Gasteiger charge is 2.30. The first kappa shape index (κ1) is 17.7. The predicted molar refractivity (Wildman–Crippen MR) is 107 cm³/mol. The molecule has 1 N–H and O–H groups in total. The molecule has 0 radical (unpaired) electrons. The van der Waals surface area contributed by atoms with Gasteiger partial charge in [0.05, 0.1) is 0 Å². The van der Waals surface area contributed by atoms with Crippen LogP contribution >= 0.6 is 11.8 Å². The Hall–Kier alpha value is -1.75. The van der Waals surface area contributed by atoms with Crippen LogP contribution in [0.4, 0.5) is 0 Å². The van der Waals surface area contributed by atoms with Crippen molar-refractivity contribution in [3.63, 3.8) is 0 Å². The maximum absolute atomic E-state index is 13.0. The summed E-state index contributed by atoms with van der Waals surface area (Å²) < 4.78 is 1.52. The standard InChI is InChI=1S/C21H26N2O2S/c1-14-7-5-6-8-15(14)13-26-18-12-11-17-19(18)22-21(25)23(20(17)24)16-9-3-2-4-10-16/h5-8,16,18H,2-4,9-13H2,1H3,(H,22,25). The minimum atomic E-state index is -0.205. The molecule has 2 aromatic rings. The molecule has 1 aromatic heterocycles. The van der Waals surface area contributed by atoms with E-state index >= 15 is 0 Å². The maximum Gasteiger partial charge on any atom is 0.328 e. The van der Waals surface area contributed by atoms with Crippen molar-refractivity contribution in [2.75, 3.05) is 0 Å². The summed E-state index contributed by atoms with van der Waals surface area (Å²) in [4.78, 5) is 28.7. The number of nitrogens with zero attached hydrogens (tertiary/aromatic N) is 1. The topological polar surface area (TPSA) is 54.9 Å². The van der Waals surface area contributed by atoms with E-state index in [0.29, 0.717) is 0 Å². The van der Waals surface area contributed by atoms with E-state index in [1.165, 1.54) is 22.1 Å². The van der Waals surface area contributed by atoms with Crippen LogP contribution < -0.4 is 11.2 Å². The number of aryl methyl sites for hydroxylation is 1. The smallest absolute Gasteiger partial charge is 0.310 e. The summed E-state index contributed by atoms with van der Waals surface area (Å²) in [5, 5.41) is 0.214. The normalized spacial score (nSPS) is 20.3. The van der Waals surface area contributed by atoms with Crippen molar-refractivity contribution >= 4 is 11.8 Å². The molecule has 1 aromatic carbocycles. The second kappa shape index (κ2) is 7.47. The van der Waals surface area contributed by atoms with E-state index in [4.69, 9.17) is 0 Å². The molecule has 0 spiro atoms.